The first-order valence-corrected chi connectivity index (χ1v) is 8.38. The average Bonchev–Trinajstić information content (AvgIpc) is 2.39. The van der Waals surface area contributed by atoms with Crippen LogP contribution in [0.25, 0.3) is 0 Å². The molecule has 1 atom stereocenters. The van der Waals surface area contributed by atoms with Crippen molar-refractivity contribution in [3.63, 3.8) is 0 Å². The van der Waals surface area contributed by atoms with Crippen LogP contribution >= 0.6 is 0 Å². The minimum atomic E-state index is 0.462. The van der Waals surface area contributed by atoms with Gasteiger partial charge >= 0.3 is 0 Å². The standard InChI is InChI=1S/C17H36N2O/c1-6-20-12-11-19(5)16(13-18)14-7-9-15(10-8-14)17(2,3)4/h14-16H,6-13,18H2,1-5H3. The zero-order valence-electron chi connectivity index (χ0n) is 14.3. The zero-order valence-corrected chi connectivity index (χ0v) is 14.3. The molecule has 0 aromatic rings. The fraction of sp³-hybridized carbons (Fsp3) is 1.00. The molecule has 1 fully saturated rings. The highest BCUT2D eigenvalue weighted by atomic mass is 16.5. The summed E-state index contributed by atoms with van der Waals surface area (Å²) in [6.45, 7) is 12.6. The molecule has 0 bridgehead atoms. The molecular formula is C17H36N2O. The van der Waals surface area contributed by atoms with E-state index in [0.717, 1.165) is 38.1 Å². The minimum Gasteiger partial charge on any atom is -0.380 e. The summed E-state index contributed by atoms with van der Waals surface area (Å²) in [5, 5.41) is 0. The fourth-order valence-electron chi connectivity index (χ4n) is 3.62. The van der Waals surface area contributed by atoms with E-state index in [1.165, 1.54) is 25.7 Å². The smallest absolute Gasteiger partial charge is 0.0593 e. The van der Waals surface area contributed by atoms with Crippen LogP contribution in [0.2, 0.25) is 0 Å². The molecule has 0 aromatic carbocycles. The molecule has 2 N–H and O–H groups in total. The molecule has 0 amide bonds. The van der Waals surface area contributed by atoms with Crippen molar-refractivity contribution in [3.8, 4) is 0 Å². The topological polar surface area (TPSA) is 38.5 Å². The minimum absolute atomic E-state index is 0.462. The Hall–Kier alpha value is -0.120. The van der Waals surface area contributed by atoms with Crippen LogP contribution in [0.4, 0.5) is 0 Å². The van der Waals surface area contributed by atoms with Crippen LogP contribution in [-0.4, -0.2) is 44.3 Å². The van der Waals surface area contributed by atoms with Crippen LogP contribution in [0.5, 0.6) is 0 Å². The number of nitrogens with zero attached hydrogens (tertiary/aromatic N) is 1. The van der Waals surface area contributed by atoms with E-state index in [9.17, 15) is 0 Å². The Morgan fingerprint density at radius 2 is 1.80 bits per heavy atom. The molecule has 0 radical (unpaired) electrons. The van der Waals surface area contributed by atoms with Crippen LogP contribution in [0.1, 0.15) is 53.4 Å². The van der Waals surface area contributed by atoms with Crippen molar-refractivity contribution in [2.24, 2.45) is 23.0 Å². The summed E-state index contributed by atoms with van der Waals surface area (Å²) in [5.74, 6) is 1.65. The van der Waals surface area contributed by atoms with Gasteiger partial charge in [-0.1, -0.05) is 20.8 Å². The van der Waals surface area contributed by atoms with Gasteiger partial charge in [0.05, 0.1) is 6.61 Å². The highest BCUT2D eigenvalue weighted by Crippen LogP contribution is 2.41. The summed E-state index contributed by atoms with van der Waals surface area (Å²) in [7, 11) is 2.20. The first kappa shape index (κ1) is 17.9. The van der Waals surface area contributed by atoms with E-state index >= 15 is 0 Å². The van der Waals surface area contributed by atoms with Crippen LogP contribution in [0.15, 0.2) is 0 Å². The summed E-state index contributed by atoms with van der Waals surface area (Å²) < 4.78 is 5.47. The number of rotatable bonds is 7. The lowest BCUT2D eigenvalue weighted by Gasteiger charge is -2.41. The summed E-state index contributed by atoms with van der Waals surface area (Å²) in [6, 6.07) is 0.524. The van der Waals surface area contributed by atoms with E-state index in [4.69, 9.17) is 10.5 Å². The highest BCUT2D eigenvalue weighted by Gasteiger charge is 2.33. The molecule has 1 saturated carbocycles. The molecule has 1 aliphatic rings. The van der Waals surface area contributed by atoms with Crippen molar-refractivity contribution in [3.05, 3.63) is 0 Å². The third-order valence-electron chi connectivity index (χ3n) is 5.14. The van der Waals surface area contributed by atoms with Gasteiger partial charge in [-0.3, -0.25) is 4.90 Å². The van der Waals surface area contributed by atoms with E-state index in [-0.39, 0.29) is 0 Å². The number of likely N-dealkylation sites (N-methyl/N-ethyl adjacent to an activating group) is 1. The SMILES string of the molecule is CCOCCN(C)C(CN)C1CCC(C(C)(C)C)CC1. The molecule has 20 heavy (non-hydrogen) atoms. The van der Waals surface area contributed by atoms with Gasteiger partial charge in [0.1, 0.15) is 0 Å². The second-order valence-electron chi connectivity index (χ2n) is 7.46. The number of ether oxygens (including phenoxy) is 1. The van der Waals surface area contributed by atoms with Crippen LogP contribution < -0.4 is 5.73 Å². The lowest BCUT2D eigenvalue weighted by Crippen LogP contribution is -2.46. The summed E-state index contributed by atoms with van der Waals surface area (Å²) >= 11 is 0. The van der Waals surface area contributed by atoms with E-state index in [0.29, 0.717) is 11.5 Å². The van der Waals surface area contributed by atoms with E-state index in [2.05, 4.69) is 32.7 Å². The molecule has 0 aliphatic heterocycles. The van der Waals surface area contributed by atoms with Crippen LogP contribution in [0.3, 0.4) is 0 Å². The molecule has 1 unspecified atom stereocenters. The number of hydrogen-bond acceptors (Lipinski definition) is 3. The lowest BCUT2D eigenvalue weighted by atomic mass is 9.68. The Morgan fingerprint density at radius 1 is 1.20 bits per heavy atom. The van der Waals surface area contributed by atoms with Gasteiger partial charge in [-0.2, -0.15) is 0 Å². The maximum atomic E-state index is 6.05. The van der Waals surface area contributed by atoms with Gasteiger partial charge in [-0.15, -0.1) is 0 Å². The van der Waals surface area contributed by atoms with Gasteiger partial charge in [0.15, 0.2) is 0 Å². The summed E-state index contributed by atoms with van der Waals surface area (Å²) in [6.07, 6.45) is 5.40. The second-order valence-corrected chi connectivity index (χ2v) is 7.46. The van der Waals surface area contributed by atoms with E-state index in [1.54, 1.807) is 0 Å². The Kier molecular flexibility index (Phi) is 7.49. The monoisotopic (exact) mass is 284 g/mol. The Labute approximate surface area is 126 Å². The molecule has 0 heterocycles. The third kappa shape index (κ3) is 5.34. The highest BCUT2D eigenvalue weighted by molar-refractivity contribution is 4.86. The quantitative estimate of drug-likeness (QED) is 0.730. The molecule has 1 aliphatic carbocycles. The lowest BCUT2D eigenvalue weighted by molar-refractivity contribution is 0.0679. The van der Waals surface area contributed by atoms with Gasteiger partial charge in [-0.05, 0) is 56.9 Å². The van der Waals surface area contributed by atoms with Crippen LogP contribution in [0, 0.1) is 17.3 Å². The molecule has 1 rings (SSSR count). The van der Waals surface area contributed by atoms with Gasteiger partial charge < -0.3 is 10.5 Å². The molecule has 0 aromatic heterocycles. The fourth-order valence-corrected chi connectivity index (χ4v) is 3.62. The predicted octanol–water partition coefficient (Wildman–Crippen LogP) is 3.13. The van der Waals surface area contributed by atoms with Gasteiger partial charge in [0.2, 0.25) is 0 Å². The Morgan fingerprint density at radius 3 is 2.25 bits per heavy atom. The average molecular weight is 284 g/mol. The molecule has 120 valence electrons. The van der Waals surface area contributed by atoms with E-state index < -0.39 is 0 Å². The number of nitrogens with two attached hydrogens (primary N) is 1. The molecule has 0 spiro atoms. The van der Waals surface area contributed by atoms with Gasteiger partial charge in [0.25, 0.3) is 0 Å². The van der Waals surface area contributed by atoms with Crippen molar-refractivity contribution >= 4 is 0 Å². The van der Waals surface area contributed by atoms with Crippen LogP contribution in [-0.2, 0) is 4.74 Å². The third-order valence-corrected chi connectivity index (χ3v) is 5.14. The first-order chi connectivity index (χ1) is 9.40. The van der Waals surface area contributed by atoms with Crippen molar-refractivity contribution in [1.29, 1.82) is 0 Å². The van der Waals surface area contributed by atoms with Crippen molar-refractivity contribution in [1.82, 2.24) is 4.90 Å². The predicted molar refractivity (Wildman–Crippen MR) is 86.9 cm³/mol. The maximum absolute atomic E-state index is 6.05. The van der Waals surface area contributed by atoms with Crippen molar-refractivity contribution in [2.45, 2.75) is 59.4 Å². The molecule has 3 nitrogen and oxygen atoms in total. The zero-order chi connectivity index (χ0) is 15.2. The number of hydrogen-bond donors (Lipinski definition) is 1. The normalized spacial score (nSPS) is 25.9. The van der Waals surface area contributed by atoms with Gasteiger partial charge in [0, 0.05) is 25.7 Å². The van der Waals surface area contributed by atoms with Crippen molar-refractivity contribution < 1.29 is 4.74 Å². The van der Waals surface area contributed by atoms with Crippen molar-refractivity contribution in [2.75, 3.05) is 33.4 Å². The maximum Gasteiger partial charge on any atom is 0.0593 e. The summed E-state index contributed by atoms with van der Waals surface area (Å²) in [4.78, 5) is 2.41. The Bertz CT molecular complexity index is 254. The second kappa shape index (κ2) is 8.35. The molecule has 3 heteroatoms. The first-order valence-electron chi connectivity index (χ1n) is 8.38. The molecule has 0 saturated heterocycles. The molecular weight excluding hydrogens is 248 g/mol. The van der Waals surface area contributed by atoms with E-state index in [1.807, 2.05) is 6.92 Å². The Balaban J connectivity index is 2.43. The largest absolute Gasteiger partial charge is 0.380 e. The van der Waals surface area contributed by atoms with Gasteiger partial charge in [-0.25, -0.2) is 0 Å². The summed E-state index contributed by atoms with van der Waals surface area (Å²) in [5.41, 5.74) is 6.51.